The van der Waals surface area contributed by atoms with Crippen molar-refractivity contribution in [1.82, 2.24) is 0 Å². The van der Waals surface area contributed by atoms with Crippen LogP contribution in [0.5, 0.6) is 0 Å². The molecule has 0 spiro atoms. The first kappa shape index (κ1) is 4.71. The van der Waals surface area contributed by atoms with E-state index in [2.05, 4.69) is 24.0 Å². The zero-order valence-electron chi connectivity index (χ0n) is 4.26. The normalized spacial score (nSPS) is 21.0. The molecular formula is C6H7P. The van der Waals surface area contributed by atoms with E-state index in [4.69, 9.17) is 0 Å². The van der Waals surface area contributed by atoms with Crippen LogP contribution in [0.25, 0.3) is 0 Å². The van der Waals surface area contributed by atoms with Gasteiger partial charge in [-0.15, -0.1) is 0 Å². The summed E-state index contributed by atoms with van der Waals surface area (Å²) in [6.45, 7) is 2.18. The number of hydrogen-bond acceptors (Lipinski definition) is 0. The van der Waals surface area contributed by atoms with Gasteiger partial charge in [0.1, 0.15) is 0 Å². The van der Waals surface area contributed by atoms with Gasteiger partial charge in [-0.05, 0) is 18.5 Å². The third-order valence-corrected chi connectivity index (χ3v) is 1.97. The maximum absolute atomic E-state index is 3.18. The van der Waals surface area contributed by atoms with Gasteiger partial charge in [0.25, 0.3) is 0 Å². The molecule has 1 aliphatic rings. The van der Waals surface area contributed by atoms with E-state index in [9.17, 15) is 0 Å². The molecule has 0 aromatic heterocycles. The lowest BCUT2D eigenvalue weighted by Crippen LogP contribution is -1.62. The monoisotopic (exact) mass is 110 g/mol. The molecule has 1 unspecified atom stereocenters. The molecule has 7 heavy (non-hydrogen) atoms. The number of rotatable bonds is 0. The van der Waals surface area contributed by atoms with Crippen molar-refractivity contribution >= 4 is 18.4 Å². The summed E-state index contributed by atoms with van der Waals surface area (Å²) in [5.41, 5.74) is 3.18. The first-order chi connectivity index (χ1) is 3.39. The number of hydrogen-bond donors (Lipinski definition) is 0. The summed E-state index contributed by atoms with van der Waals surface area (Å²) in [7, 11) is -0.00900. The van der Waals surface area contributed by atoms with Gasteiger partial charge in [0.05, 0.1) is 0 Å². The van der Waals surface area contributed by atoms with Gasteiger partial charge in [-0.2, -0.15) is 0 Å². The van der Waals surface area contributed by atoms with E-state index in [-0.39, 0.29) is 7.17 Å². The summed E-state index contributed by atoms with van der Waals surface area (Å²) in [4.78, 5) is 0. The van der Waals surface area contributed by atoms with Crippen molar-refractivity contribution in [2.45, 2.75) is 0 Å². The maximum Gasteiger partial charge on any atom is -0.0158 e. The van der Waals surface area contributed by atoms with Crippen LogP contribution in [-0.2, 0) is 0 Å². The average Bonchev–Trinajstić information content (AvgIpc) is 1.69. The van der Waals surface area contributed by atoms with Crippen LogP contribution in [0, 0.1) is 0 Å². The molecule has 1 heterocycles. The summed E-state index contributed by atoms with van der Waals surface area (Å²) in [6, 6.07) is 0. The third kappa shape index (κ3) is 1.23. The van der Waals surface area contributed by atoms with E-state index in [0.29, 0.717) is 0 Å². The maximum atomic E-state index is 3.18. The predicted octanol–water partition coefficient (Wildman–Crippen LogP) is 1.43. The molecular weight excluding hydrogens is 103 g/mol. The molecule has 1 atom stereocenters. The van der Waals surface area contributed by atoms with Crippen LogP contribution in [-0.4, -0.2) is 17.9 Å². The van der Waals surface area contributed by atoms with Gasteiger partial charge in [0.15, 0.2) is 0 Å². The van der Waals surface area contributed by atoms with Crippen molar-refractivity contribution in [2.24, 2.45) is 0 Å². The molecule has 36 valence electrons. The molecule has 0 amide bonds. The summed E-state index contributed by atoms with van der Waals surface area (Å²) in [6.07, 6.45) is 6.05. The fourth-order valence-corrected chi connectivity index (χ4v) is 1.20. The average molecular weight is 110 g/mol. The zero-order valence-corrected chi connectivity index (χ0v) is 5.15. The Morgan fingerprint density at radius 1 is 1.43 bits per heavy atom. The third-order valence-electron chi connectivity index (χ3n) is 0.795. The van der Waals surface area contributed by atoms with Crippen LogP contribution < -0.4 is 0 Å². The molecule has 1 heteroatoms. The highest BCUT2D eigenvalue weighted by Crippen LogP contribution is 1.98. The minimum Gasteiger partial charge on any atom is -0.0988 e. The van der Waals surface area contributed by atoms with E-state index < -0.39 is 0 Å². The smallest absolute Gasteiger partial charge is 0.0158 e. The Morgan fingerprint density at radius 2 is 2.29 bits per heavy atom. The molecule has 1 rings (SSSR count). The van der Waals surface area contributed by atoms with Gasteiger partial charge in [-0.3, -0.25) is 0 Å². The van der Waals surface area contributed by atoms with Crippen molar-refractivity contribution in [2.75, 3.05) is 6.66 Å². The van der Waals surface area contributed by atoms with Gasteiger partial charge in [-0.25, -0.2) is 0 Å². The summed E-state index contributed by atoms with van der Waals surface area (Å²) < 4.78 is 0. The van der Waals surface area contributed by atoms with Gasteiger partial charge >= 0.3 is 0 Å². The van der Waals surface area contributed by atoms with Crippen LogP contribution in [0.15, 0.2) is 18.2 Å². The lowest BCUT2D eigenvalue weighted by molar-refractivity contribution is 2.15. The second-order valence-electron chi connectivity index (χ2n) is 1.44. The Balaban J connectivity index is 3.16. The minimum absolute atomic E-state index is 0.00900. The lowest BCUT2D eigenvalue weighted by atomic mass is 10.5. The summed E-state index contributed by atoms with van der Waals surface area (Å²) in [5, 5.41) is 0. The largest absolute Gasteiger partial charge is 0.0988 e. The Kier molecular flexibility index (Phi) is 1.36. The second kappa shape index (κ2) is 2.02. The van der Waals surface area contributed by atoms with Crippen LogP contribution in [0.3, 0.4) is 0 Å². The molecule has 0 N–H and O–H groups in total. The summed E-state index contributed by atoms with van der Waals surface area (Å²) in [5.74, 6) is 2.18. The van der Waals surface area contributed by atoms with Gasteiger partial charge in [-0.1, -0.05) is 24.8 Å². The highest BCUT2D eigenvalue weighted by Gasteiger charge is 1.67. The Morgan fingerprint density at radius 3 is 2.57 bits per heavy atom. The van der Waals surface area contributed by atoms with Crippen LogP contribution in [0.2, 0.25) is 0 Å². The fourth-order valence-electron chi connectivity index (χ4n) is 0.438. The van der Waals surface area contributed by atoms with Crippen molar-refractivity contribution in [3.05, 3.63) is 18.2 Å². The quantitative estimate of drug-likeness (QED) is 0.414. The lowest BCUT2D eigenvalue weighted by Gasteiger charge is -1.78. The molecule has 0 aromatic rings. The van der Waals surface area contributed by atoms with E-state index in [1.807, 2.05) is 12.2 Å². The highest BCUT2D eigenvalue weighted by atomic mass is 31.1. The Labute approximate surface area is 44.2 Å². The summed E-state index contributed by atoms with van der Waals surface area (Å²) >= 11 is 0. The van der Waals surface area contributed by atoms with E-state index in [0.717, 1.165) is 0 Å². The molecule has 0 saturated heterocycles. The first-order valence-corrected chi connectivity index (χ1v) is 4.08. The minimum atomic E-state index is -0.00900. The molecule has 0 radical (unpaired) electrons. The molecule has 1 aliphatic heterocycles. The van der Waals surface area contributed by atoms with Crippen molar-refractivity contribution in [3.63, 3.8) is 0 Å². The van der Waals surface area contributed by atoms with Gasteiger partial charge < -0.3 is 0 Å². The van der Waals surface area contributed by atoms with Gasteiger partial charge in [0.2, 0.25) is 0 Å². The molecule has 0 saturated carbocycles. The highest BCUT2D eigenvalue weighted by molar-refractivity contribution is 7.56. The second-order valence-corrected chi connectivity index (χ2v) is 3.22. The molecule has 0 bridgehead atoms. The SMILES string of the molecule is CP1=C=CC=CC=1. The zero-order chi connectivity index (χ0) is 5.11. The van der Waals surface area contributed by atoms with Crippen LogP contribution in [0.1, 0.15) is 0 Å². The topological polar surface area (TPSA) is 0 Å². The van der Waals surface area contributed by atoms with E-state index >= 15 is 0 Å². The molecule has 0 fully saturated rings. The first-order valence-electron chi connectivity index (χ1n) is 2.22. The van der Waals surface area contributed by atoms with E-state index in [1.165, 1.54) is 0 Å². The molecule has 0 aliphatic carbocycles. The van der Waals surface area contributed by atoms with Crippen LogP contribution in [0.4, 0.5) is 0 Å². The van der Waals surface area contributed by atoms with E-state index in [1.54, 1.807) is 0 Å². The van der Waals surface area contributed by atoms with Crippen molar-refractivity contribution in [1.29, 1.82) is 0 Å². The van der Waals surface area contributed by atoms with Crippen LogP contribution >= 0.6 is 7.17 Å². The predicted molar refractivity (Wildman–Crippen MR) is 37.6 cm³/mol. The molecule has 0 nitrogen and oxygen atoms in total. The van der Waals surface area contributed by atoms with Crippen molar-refractivity contribution < 1.29 is 0 Å². The van der Waals surface area contributed by atoms with Crippen molar-refractivity contribution in [3.8, 4) is 0 Å². The molecule has 0 aromatic carbocycles. The standard InChI is InChI=1S/C6H7P/c1-7-5-3-2-4-6-7/h2-5H,1H3. The fraction of sp³-hybridized carbons (Fsp3) is 0.167. The number of allylic oxidation sites excluding steroid dienone is 3. The van der Waals surface area contributed by atoms with Gasteiger partial charge in [0, 0.05) is 0 Å². The Bertz CT molecular complexity index is 196. The Hall–Kier alpha value is -0.440.